The van der Waals surface area contributed by atoms with E-state index in [0.717, 1.165) is 25.8 Å². The van der Waals surface area contributed by atoms with Crippen molar-refractivity contribution >= 4 is 68.9 Å². The molecule has 184 valence electrons. The van der Waals surface area contributed by atoms with E-state index in [1.54, 1.807) is 30.3 Å². The van der Waals surface area contributed by atoms with E-state index in [9.17, 15) is 19.7 Å². The molecule has 0 aromatic heterocycles. The first-order chi connectivity index (χ1) is 17.3. The van der Waals surface area contributed by atoms with Crippen molar-refractivity contribution in [1.29, 1.82) is 0 Å². The predicted octanol–water partition coefficient (Wildman–Crippen LogP) is 6.68. The lowest BCUT2D eigenvalue weighted by Crippen LogP contribution is -2.27. The summed E-state index contributed by atoms with van der Waals surface area (Å²) in [4.78, 5) is 37.5. The highest BCUT2D eigenvalue weighted by Crippen LogP contribution is 2.38. The number of imide groups is 1. The highest BCUT2D eigenvalue weighted by atomic mass is 127. The Morgan fingerprint density at radius 3 is 2.50 bits per heavy atom. The van der Waals surface area contributed by atoms with E-state index < -0.39 is 16.1 Å². The number of hydrogen-bond acceptors (Lipinski definition) is 7. The molecule has 8 nitrogen and oxygen atoms in total. The third-order valence-corrected chi connectivity index (χ3v) is 7.35. The number of rotatable bonds is 8. The number of benzene rings is 3. The molecule has 0 aliphatic carbocycles. The second-order valence-electron chi connectivity index (χ2n) is 7.57. The van der Waals surface area contributed by atoms with Crippen molar-refractivity contribution in [3.8, 4) is 11.5 Å². The first-order valence-electron chi connectivity index (χ1n) is 10.5. The van der Waals surface area contributed by atoms with Gasteiger partial charge in [0.25, 0.3) is 16.8 Å². The Morgan fingerprint density at radius 1 is 1.11 bits per heavy atom. The third-order valence-electron chi connectivity index (χ3n) is 5.27. The van der Waals surface area contributed by atoms with Gasteiger partial charge in [0.2, 0.25) is 0 Å². The second-order valence-corrected chi connectivity index (χ2v) is 10.1. The molecule has 0 bridgehead atoms. The van der Waals surface area contributed by atoms with Crippen molar-refractivity contribution in [2.75, 3.05) is 7.11 Å². The predicted molar refractivity (Wildman–Crippen MR) is 146 cm³/mol. The molecule has 11 heteroatoms. The minimum absolute atomic E-state index is 0.146. The average molecular weight is 637 g/mol. The van der Waals surface area contributed by atoms with Crippen LogP contribution in [-0.4, -0.2) is 28.1 Å². The number of carbonyl (C=O) groups excluding carboxylic acids is 2. The van der Waals surface area contributed by atoms with E-state index in [1.807, 2.05) is 18.2 Å². The van der Waals surface area contributed by atoms with E-state index in [0.29, 0.717) is 22.1 Å². The summed E-state index contributed by atoms with van der Waals surface area (Å²) in [5.74, 6) is 0.468. The number of amides is 2. The molecule has 1 aliphatic heterocycles. The van der Waals surface area contributed by atoms with E-state index in [-0.39, 0.29) is 29.3 Å². The van der Waals surface area contributed by atoms with E-state index >= 15 is 0 Å². The van der Waals surface area contributed by atoms with E-state index in [2.05, 4.69) is 22.6 Å². The second kappa shape index (κ2) is 11.3. The maximum atomic E-state index is 13.0. The van der Waals surface area contributed by atoms with Gasteiger partial charge >= 0.3 is 0 Å². The molecule has 0 spiro atoms. The van der Waals surface area contributed by atoms with Crippen LogP contribution >= 0.6 is 46.0 Å². The Labute approximate surface area is 229 Å². The third kappa shape index (κ3) is 5.66. The summed E-state index contributed by atoms with van der Waals surface area (Å²) in [6.07, 6.45) is 1.59. The summed E-state index contributed by atoms with van der Waals surface area (Å²) in [5.41, 5.74) is 1.60. The Hall–Kier alpha value is -3.09. The normalized spacial score (nSPS) is 14.4. The number of thioether (sulfide) groups is 1. The maximum Gasteiger partial charge on any atom is 0.293 e. The fourth-order valence-electron chi connectivity index (χ4n) is 3.51. The molecule has 0 radical (unpaired) electrons. The molecule has 36 heavy (non-hydrogen) atoms. The van der Waals surface area contributed by atoms with Crippen LogP contribution in [0.2, 0.25) is 5.02 Å². The van der Waals surface area contributed by atoms with Gasteiger partial charge in [-0.05, 0) is 64.2 Å². The Bertz CT molecular complexity index is 1400. The lowest BCUT2D eigenvalue weighted by molar-refractivity contribution is -0.385. The molecule has 1 fully saturated rings. The maximum absolute atomic E-state index is 13.0. The minimum atomic E-state index is -0.534. The van der Waals surface area contributed by atoms with Gasteiger partial charge in [-0.15, -0.1) is 0 Å². The number of hydrogen-bond donors (Lipinski definition) is 0. The van der Waals surface area contributed by atoms with Gasteiger partial charge in [-0.2, -0.15) is 0 Å². The van der Waals surface area contributed by atoms with E-state index in [4.69, 9.17) is 21.1 Å². The van der Waals surface area contributed by atoms with E-state index in [1.165, 1.54) is 25.3 Å². The van der Waals surface area contributed by atoms with Gasteiger partial charge in [0.05, 0.1) is 27.1 Å². The molecular weight excluding hydrogens is 619 g/mol. The first kappa shape index (κ1) is 26.0. The van der Waals surface area contributed by atoms with Crippen LogP contribution in [0.5, 0.6) is 11.5 Å². The van der Waals surface area contributed by atoms with Crippen molar-refractivity contribution < 1.29 is 24.0 Å². The van der Waals surface area contributed by atoms with Gasteiger partial charge in [-0.1, -0.05) is 48.0 Å². The summed E-state index contributed by atoms with van der Waals surface area (Å²) in [6.45, 7) is 0.0603. The zero-order chi connectivity index (χ0) is 25.8. The zero-order valence-corrected chi connectivity index (χ0v) is 22.5. The number of nitrogens with zero attached hydrogens (tertiary/aromatic N) is 2. The summed E-state index contributed by atoms with van der Waals surface area (Å²) in [6, 6.07) is 16.9. The Kier molecular flexibility index (Phi) is 8.17. The van der Waals surface area contributed by atoms with Crippen molar-refractivity contribution in [2.24, 2.45) is 0 Å². The lowest BCUT2D eigenvalue weighted by Gasteiger charge is -2.14. The van der Waals surface area contributed by atoms with Crippen molar-refractivity contribution in [3.63, 3.8) is 0 Å². The van der Waals surface area contributed by atoms with Crippen LogP contribution in [0.1, 0.15) is 16.7 Å². The molecule has 0 N–H and O–H groups in total. The highest BCUT2D eigenvalue weighted by molar-refractivity contribution is 14.1. The summed E-state index contributed by atoms with van der Waals surface area (Å²) >= 11 is 9.11. The largest absolute Gasteiger partial charge is 0.493 e. The minimum Gasteiger partial charge on any atom is -0.493 e. The van der Waals surface area contributed by atoms with Crippen LogP contribution in [-0.2, 0) is 17.9 Å². The quantitative estimate of drug-likeness (QED) is 0.118. The molecular formula is C25H18ClIN2O6S. The van der Waals surface area contributed by atoms with Crippen LogP contribution in [0.15, 0.2) is 65.6 Å². The highest BCUT2D eigenvalue weighted by Gasteiger charge is 2.36. The molecule has 4 rings (SSSR count). The Morgan fingerprint density at radius 2 is 1.81 bits per heavy atom. The van der Waals surface area contributed by atoms with Crippen molar-refractivity contribution in [2.45, 2.75) is 13.2 Å². The standard InChI is InChI=1S/C25H18ClIN2O6S/c1-34-21-11-15(10-19(27)23(21)35-14-17-7-2-4-8-18(17)26)12-22-24(30)28(25(31)36-22)13-16-6-3-5-9-20(16)29(32)33/h2-12H,13-14H2,1H3/b22-12+. The molecule has 3 aromatic rings. The molecule has 2 amide bonds. The van der Waals surface area contributed by atoms with Gasteiger partial charge in [-0.3, -0.25) is 24.6 Å². The molecule has 1 saturated heterocycles. The SMILES string of the molecule is COc1cc(/C=C2/SC(=O)N(Cc3ccccc3[N+](=O)[O-])C2=O)cc(I)c1OCc1ccccc1Cl. The molecule has 3 aromatic carbocycles. The smallest absolute Gasteiger partial charge is 0.293 e. The summed E-state index contributed by atoms with van der Waals surface area (Å²) in [5, 5.41) is 11.4. The van der Waals surface area contributed by atoms with Crippen LogP contribution in [0.4, 0.5) is 10.5 Å². The van der Waals surface area contributed by atoms with Gasteiger partial charge < -0.3 is 9.47 Å². The summed E-state index contributed by atoms with van der Waals surface area (Å²) in [7, 11) is 1.51. The van der Waals surface area contributed by atoms with Crippen LogP contribution in [0.25, 0.3) is 6.08 Å². The molecule has 0 saturated carbocycles. The van der Waals surface area contributed by atoms with Crippen LogP contribution in [0, 0.1) is 13.7 Å². The number of carbonyl (C=O) groups is 2. The molecule has 1 heterocycles. The topological polar surface area (TPSA) is 99.0 Å². The Balaban J connectivity index is 1.56. The number of methoxy groups -OCH3 is 1. The van der Waals surface area contributed by atoms with Crippen molar-refractivity contribution in [1.82, 2.24) is 4.90 Å². The fourth-order valence-corrected chi connectivity index (χ4v) is 5.32. The molecule has 0 unspecified atom stereocenters. The number of halogens is 2. The van der Waals surface area contributed by atoms with Gasteiger partial charge in [0, 0.05) is 22.2 Å². The summed E-state index contributed by atoms with van der Waals surface area (Å²) < 4.78 is 12.2. The number of nitro groups is 1. The lowest BCUT2D eigenvalue weighted by atomic mass is 10.1. The fraction of sp³-hybridized carbons (Fsp3) is 0.120. The number of para-hydroxylation sites is 1. The average Bonchev–Trinajstić information content (AvgIpc) is 3.11. The number of ether oxygens (including phenoxy) is 2. The van der Waals surface area contributed by atoms with Crippen LogP contribution < -0.4 is 9.47 Å². The molecule has 0 atom stereocenters. The van der Waals surface area contributed by atoms with Gasteiger partial charge in [-0.25, -0.2) is 0 Å². The zero-order valence-electron chi connectivity index (χ0n) is 18.8. The van der Waals surface area contributed by atoms with Gasteiger partial charge in [0.15, 0.2) is 11.5 Å². The van der Waals surface area contributed by atoms with Crippen molar-refractivity contribution in [3.05, 3.63) is 101 Å². The number of nitro benzene ring substituents is 1. The van der Waals surface area contributed by atoms with Crippen LogP contribution in [0.3, 0.4) is 0 Å². The van der Waals surface area contributed by atoms with Gasteiger partial charge in [0.1, 0.15) is 6.61 Å². The first-order valence-corrected chi connectivity index (χ1v) is 12.8. The monoisotopic (exact) mass is 636 g/mol. The molecule has 1 aliphatic rings.